The topological polar surface area (TPSA) is 3.24 Å². The molecule has 0 atom stereocenters. The van der Waals surface area contributed by atoms with E-state index in [1.54, 1.807) is 0 Å². The highest BCUT2D eigenvalue weighted by Gasteiger charge is 1.98. The zero-order chi connectivity index (χ0) is 10.1. The van der Waals surface area contributed by atoms with Gasteiger partial charge in [-0.1, -0.05) is 51.2 Å². The van der Waals surface area contributed by atoms with Crippen molar-refractivity contribution in [2.75, 3.05) is 13.1 Å². The van der Waals surface area contributed by atoms with Crippen LogP contribution in [0.5, 0.6) is 0 Å². The van der Waals surface area contributed by atoms with Crippen molar-refractivity contribution in [3.63, 3.8) is 0 Å². The van der Waals surface area contributed by atoms with Crippen LogP contribution in [-0.4, -0.2) is 18.0 Å². The van der Waals surface area contributed by atoms with Gasteiger partial charge in [0.15, 0.2) is 0 Å². The van der Waals surface area contributed by atoms with Crippen LogP contribution in [0, 0.1) is 0 Å². The monoisotopic (exact) mass is 321 g/mol. The summed E-state index contributed by atoms with van der Waals surface area (Å²) in [5.74, 6) is 0. The molecule has 0 fully saturated rings. The molecule has 0 saturated heterocycles. The van der Waals surface area contributed by atoms with E-state index in [-0.39, 0.29) is 24.0 Å². The second kappa shape index (κ2) is 10.5. The van der Waals surface area contributed by atoms with Crippen LogP contribution in [0.2, 0.25) is 0 Å². The third-order valence-corrected chi connectivity index (χ3v) is 2.68. The molecule has 1 nitrogen and oxygen atoms in total. The normalized spacial score (nSPS) is 14.1. The second-order valence-corrected chi connectivity index (χ2v) is 4.03. The number of allylic oxidation sites excluding steroid dienone is 2. The lowest BCUT2D eigenvalue weighted by Gasteiger charge is -2.20. The third-order valence-electron chi connectivity index (χ3n) is 2.68. The smallest absolute Gasteiger partial charge is 0.0357 e. The summed E-state index contributed by atoms with van der Waals surface area (Å²) >= 11 is 0. The molecular formula is C13H24IN. The number of rotatable bonds is 7. The van der Waals surface area contributed by atoms with Crippen LogP contribution in [0.3, 0.4) is 0 Å². The summed E-state index contributed by atoms with van der Waals surface area (Å²) in [6, 6.07) is 0. The Labute approximate surface area is 112 Å². The highest BCUT2D eigenvalue weighted by atomic mass is 127. The van der Waals surface area contributed by atoms with E-state index in [0.717, 1.165) is 6.54 Å². The SMILES string of the molecule is CCCCCCCCN1C=CC=CC1.I. The minimum atomic E-state index is 0. The van der Waals surface area contributed by atoms with Crippen molar-refractivity contribution in [3.8, 4) is 0 Å². The molecule has 1 rings (SSSR count). The van der Waals surface area contributed by atoms with Gasteiger partial charge in [0.1, 0.15) is 0 Å². The van der Waals surface area contributed by atoms with Gasteiger partial charge in [-0.3, -0.25) is 0 Å². The molecule has 2 heteroatoms. The van der Waals surface area contributed by atoms with Crippen molar-refractivity contribution in [3.05, 3.63) is 24.4 Å². The van der Waals surface area contributed by atoms with Gasteiger partial charge in [0.25, 0.3) is 0 Å². The Bertz CT molecular complexity index is 187. The van der Waals surface area contributed by atoms with Gasteiger partial charge >= 0.3 is 0 Å². The predicted molar refractivity (Wildman–Crippen MR) is 78.6 cm³/mol. The van der Waals surface area contributed by atoms with Crippen LogP contribution in [0.15, 0.2) is 24.4 Å². The van der Waals surface area contributed by atoms with Crippen molar-refractivity contribution in [1.29, 1.82) is 0 Å². The molecule has 0 spiro atoms. The summed E-state index contributed by atoms with van der Waals surface area (Å²) in [5.41, 5.74) is 0. The molecule has 0 bridgehead atoms. The average molecular weight is 321 g/mol. The minimum absolute atomic E-state index is 0. The molecule has 1 heterocycles. The molecule has 1 aliphatic heterocycles. The standard InChI is InChI=1S/C13H23N.HI/c1-2-3-4-5-6-8-11-14-12-9-7-10-13-14;/h7,9-10,12H,2-6,8,11,13H2,1H3;1H. The van der Waals surface area contributed by atoms with Gasteiger partial charge in [0, 0.05) is 13.1 Å². The van der Waals surface area contributed by atoms with Gasteiger partial charge in [-0.05, 0) is 18.7 Å². The largest absolute Gasteiger partial charge is 0.374 e. The number of halogens is 1. The van der Waals surface area contributed by atoms with E-state index in [1.807, 2.05) is 0 Å². The molecule has 88 valence electrons. The molecule has 0 aromatic heterocycles. The number of hydrogen-bond donors (Lipinski definition) is 0. The summed E-state index contributed by atoms with van der Waals surface area (Å²) in [4.78, 5) is 2.39. The molecule has 0 N–H and O–H groups in total. The summed E-state index contributed by atoms with van der Waals surface area (Å²) in [6.07, 6.45) is 17.0. The van der Waals surface area contributed by atoms with Crippen molar-refractivity contribution >= 4 is 24.0 Å². The Kier molecular flexibility index (Phi) is 10.5. The van der Waals surface area contributed by atoms with Gasteiger partial charge in [0.05, 0.1) is 0 Å². The molecule has 0 radical (unpaired) electrons. The Balaban J connectivity index is 0.00000196. The Hall–Kier alpha value is 0.01000. The van der Waals surface area contributed by atoms with Crippen LogP contribution in [0.25, 0.3) is 0 Å². The predicted octanol–water partition coefficient (Wildman–Crippen LogP) is 4.35. The summed E-state index contributed by atoms with van der Waals surface area (Å²) < 4.78 is 0. The second-order valence-electron chi connectivity index (χ2n) is 4.03. The summed E-state index contributed by atoms with van der Waals surface area (Å²) in [7, 11) is 0. The zero-order valence-corrected chi connectivity index (χ0v) is 12.2. The van der Waals surface area contributed by atoms with Crippen molar-refractivity contribution < 1.29 is 0 Å². The van der Waals surface area contributed by atoms with Crippen molar-refractivity contribution in [2.45, 2.75) is 45.4 Å². The van der Waals surface area contributed by atoms with Gasteiger partial charge < -0.3 is 4.90 Å². The molecule has 0 unspecified atom stereocenters. The molecule has 0 aromatic carbocycles. The van der Waals surface area contributed by atoms with Gasteiger partial charge in [-0.15, -0.1) is 24.0 Å². The highest BCUT2D eigenvalue weighted by Crippen LogP contribution is 2.07. The first-order chi connectivity index (χ1) is 6.93. The fraction of sp³-hybridized carbons (Fsp3) is 0.692. The van der Waals surface area contributed by atoms with E-state index in [0.29, 0.717) is 0 Å². The molecule has 0 aliphatic carbocycles. The van der Waals surface area contributed by atoms with Crippen LogP contribution in [0.1, 0.15) is 45.4 Å². The molecule has 0 amide bonds. The maximum Gasteiger partial charge on any atom is 0.0357 e. The zero-order valence-electron chi connectivity index (χ0n) is 9.82. The first-order valence-corrected chi connectivity index (χ1v) is 6.01. The first kappa shape index (κ1) is 15.0. The van der Waals surface area contributed by atoms with Gasteiger partial charge in [0.2, 0.25) is 0 Å². The summed E-state index contributed by atoms with van der Waals surface area (Å²) in [5, 5.41) is 0. The van der Waals surface area contributed by atoms with E-state index in [9.17, 15) is 0 Å². The maximum absolute atomic E-state index is 2.39. The van der Waals surface area contributed by atoms with Crippen molar-refractivity contribution in [2.24, 2.45) is 0 Å². The third kappa shape index (κ3) is 7.88. The summed E-state index contributed by atoms with van der Waals surface area (Å²) in [6.45, 7) is 4.60. The molecule has 0 aromatic rings. The van der Waals surface area contributed by atoms with Gasteiger partial charge in [-0.2, -0.15) is 0 Å². The Morgan fingerprint density at radius 1 is 1.00 bits per heavy atom. The number of hydrogen-bond acceptors (Lipinski definition) is 1. The van der Waals surface area contributed by atoms with Crippen LogP contribution in [0.4, 0.5) is 0 Å². The fourth-order valence-corrected chi connectivity index (χ4v) is 1.77. The van der Waals surface area contributed by atoms with Crippen LogP contribution >= 0.6 is 24.0 Å². The van der Waals surface area contributed by atoms with Crippen LogP contribution < -0.4 is 0 Å². The van der Waals surface area contributed by atoms with E-state index >= 15 is 0 Å². The molecule has 15 heavy (non-hydrogen) atoms. The lowest BCUT2D eigenvalue weighted by molar-refractivity contribution is 0.392. The quantitative estimate of drug-likeness (QED) is 0.498. The van der Waals surface area contributed by atoms with E-state index < -0.39 is 0 Å². The molecular weight excluding hydrogens is 297 g/mol. The van der Waals surface area contributed by atoms with E-state index in [4.69, 9.17) is 0 Å². The lowest BCUT2D eigenvalue weighted by Crippen LogP contribution is -2.19. The number of unbranched alkanes of at least 4 members (excludes halogenated alkanes) is 5. The van der Waals surface area contributed by atoms with Crippen molar-refractivity contribution in [1.82, 2.24) is 4.90 Å². The first-order valence-electron chi connectivity index (χ1n) is 6.01. The average Bonchev–Trinajstić information content (AvgIpc) is 2.25. The maximum atomic E-state index is 2.39. The van der Waals surface area contributed by atoms with E-state index in [2.05, 4.69) is 36.3 Å². The van der Waals surface area contributed by atoms with Crippen LogP contribution in [-0.2, 0) is 0 Å². The van der Waals surface area contributed by atoms with Gasteiger partial charge in [-0.25, -0.2) is 0 Å². The lowest BCUT2D eigenvalue weighted by atomic mass is 10.1. The molecule has 1 aliphatic rings. The highest BCUT2D eigenvalue weighted by molar-refractivity contribution is 14.0. The van der Waals surface area contributed by atoms with E-state index in [1.165, 1.54) is 45.1 Å². The molecule has 0 saturated carbocycles. The minimum Gasteiger partial charge on any atom is -0.374 e. The Morgan fingerprint density at radius 3 is 2.40 bits per heavy atom. The fourth-order valence-electron chi connectivity index (χ4n) is 1.77. The Morgan fingerprint density at radius 2 is 1.73 bits per heavy atom. The number of nitrogens with zero attached hydrogens (tertiary/aromatic N) is 1.